The van der Waals surface area contributed by atoms with E-state index in [0.717, 1.165) is 19.3 Å². The topological polar surface area (TPSA) is 76.7 Å². The molecule has 6 nitrogen and oxygen atoms in total. The molecule has 1 aromatic carbocycles. The number of hydrogen-bond acceptors (Lipinski definition) is 5. The van der Waals surface area contributed by atoms with E-state index in [0.29, 0.717) is 22.3 Å². The maximum absolute atomic E-state index is 12.4. The fraction of sp³-hybridized carbons (Fsp3) is 0.368. The van der Waals surface area contributed by atoms with E-state index in [1.54, 1.807) is 0 Å². The number of ether oxygens (including phenoxy) is 2. The summed E-state index contributed by atoms with van der Waals surface area (Å²) in [6, 6.07) is 4.87. The molecular weight excluding hydrogens is 388 g/mol. The van der Waals surface area contributed by atoms with Crippen molar-refractivity contribution < 1.29 is 19.1 Å². The third-order valence-corrected chi connectivity index (χ3v) is 6.05. The number of halogens is 1. The first kappa shape index (κ1) is 19.5. The molecule has 1 atom stereocenters. The number of methoxy groups -OCH3 is 2. The van der Waals surface area contributed by atoms with Crippen molar-refractivity contribution in [2.75, 3.05) is 14.2 Å². The predicted octanol–water partition coefficient (Wildman–Crippen LogP) is 3.62. The molecule has 0 aliphatic heterocycles. The van der Waals surface area contributed by atoms with Crippen molar-refractivity contribution in [3.8, 4) is 11.5 Å². The molecule has 0 bridgehead atoms. The zero-order chi connectivity index (χ0) is 19.6. The van der Waals surface area contributed by atoms with Crippen LogP contribution in [-0.4, -0.2) is 26.0 Å². The molecule has 1 heterocycles. The van der Waals surface area contributed by atoms with E-state index in [1.165, 1.54) is 48.1 Å². The number of carbonyl (C=O) groups is 2. The van der Waals surface area contributed by atoms with Crippen LogP contribution in [0.3, 0.4) is 0 Å². The standard InChI is InChI=1S/C19H21ClN2O4S/c1-10-4-5-15-11(6-10)9-16(27-15)19(24)22-21-18(23)12-7-13(20)17(26-3)14(8-12)25-2/h7-10H,4-6H2,1-3H3,(H,21,23)(H,22,24)/t10-/m0/s1. The van der Waals surface area contributed by atoms with E-state index in [1.807, 2.05) is 6.07 Å². The van der Waals surface area contributed by atoms with Crippen LogP contribution in [0.2, 0.25) is 5.02 Å². The molecule has 27 heavy (non-hydrogen) atoms. The zero-order valence-corrected chi connectivity index (χ0v) is 16.9. The molecule has 144 valence electrons. The minimum atomic E-state index is -0.499. The van der Waals surface area contributed by atoms with E-state index < -0.39 is 5.91 Å². The van der Waals surface area contributed by atoms with E-state index >= 15 is 0 Å². The van der Waals surface area contributed by atoms with Crippen molar-refractivity contribution >= 4 is 34.8 Å². The summed E-state index contributed by atoms with van der Waals surface area (Å²) in [4.78, 5) is 26.6. The van der Waals surface area contributed by atoms with Crippen LogP contribution in [0.1, 0.15) is 43.8 Å². The van der Waals surface area contributed by atoms with Gasteiger partial charge in [-0.3, -0.25) is 20.4 Å². The van der Waals surface area contributed by atoms with Crippen LogP contribution in [0, 0.1) is 5.92 Å². The number of rotatable bonds is 4. The lowest BCUT2D eigenvalue weighted by atomic mass is 9.90. The second-order valence-corrected chi connectivity index (χ2v) is 8.05. The molecule has 0 unspecified atom stereocenters. The van der Waals surface area contributed by atoms with Gasteiger partial charge in [-0.05, 0) is 48.9 Å². The molecule has 2 aromatic rings. The van der Waals surface area contributed by atoms with E-state index in [9.17, 15) is 9.59 Å². The second kappa shape index (κ2) is 8.19. The molecule has 8 heteroatoms. The highest BCUT2D eigenvalue weighted by Crippen LogP contribution is 2.36. The average molecular weight is 409 g/mol. The highest BCUT2D eigenvalue weighted by atomic mass is 35.5. The fourth-order valence-corrected chi connectivity index (χ4v) is 4.51. The van der Waals surface area contributed by atoms with Crippen molar-refractivity contribution in [2.45, 2.75) is 26.2 Å². The van der Waals surface area contributed by atoms with Crippen LogP contribution >= 0.6 is 22.9 Å². The highest BCUT2D eigenvalue weighted by molar-refractivity contribution is 7.14. The Labute approximate surface area is 166 Å². The second-order valence-electron chi connectivity index (χ2n) is 6.51. The minimum absolute atomic E-state index is 0.244. The molecule has 0 saturated carbocycles. The fourth-order valence-electron chi connectivity index (χ4n) is 3.11. The first-order valence-electron chi connectivity index (χ1n) is 8.56. The third kappa shape index (κ3) is 4.20. The normalized spacial score (nSPS) is 15.6. The number of thiophene rings is 1. The lowest BCUT2D eigenvalue weighted by Crippen LogP contribution is -2.41. The Kier molecular flexibility index (Phi) is 5.92. The van der Waals surface area contributed by atoms with E-state index in [-0.39, 0.29) is 16.5 Å². The van der Waals surface area contributed by atoms with Gasteiger partial charge in [0.15, 0.2) is 11.5 Å². The monoisotopic (exact) mass is 408 g/mol. The number of aryl methyl sites for hydroxylation is 1. The van der Waals surface area contributed by atoms with Crippen LogP contribution in [0.4, 0.5) is 0 Å². The molecule has 0 spiro atoms. The lowest BCUT2D eigenvalue weighted by Gasteiger charge is -2.16. The molecule has 1 aliphatic rings. The Hall–Kier alpha value is -2.25. The van der Waals surface area contributed by atoms with Gasteiger partial charge in [0.2, 0.25) is 0 Å². The Balaban J connectivity index is 1.67. The van der Waals surface area contributed by atoms with Crippen molar-refractivity contribution in [1.82, 2.24) is 10.9 Å². The number of hydrazine groups is 1. The van der Waals surface area contributed by atoms with Gasteiger partial charge in [-0.2, -0.15) is 0 Å². The smallest absolute Gasteiger partial charge is 0.279 e. The molecule has 3 rings (SSSR count). The van der Waals surface area contributed by atoms with Crippen LogP contribution < -0.4 is 20.3 Å². The van der Waals surface area contributed by atoms with Crippen LogP contribution in [0.15, 0.2) is 18.2 Å². The van der Waals surface area contributed by atoms with Gasteiger partial charge < -0.3 is 9.47 Å². The summed E-state index contributed by atoms with van der Waals surface area (Å²) in [5, 5.41) is 0.244. The number of carbonyl (C=O) groups excluding carboxylic acids is 2. The molecule has 0 radical (unpaired) electrons. The quantitative estimate of drug-likeness (QED) is 0.757. The first-order valence-corrected chi connectivity index (χ1v) is 9.76. The molecule has 1 aliphatic carbocycles. The molecule has 0 saturated heterocycles. The highest BCUT2D eigenvalue weighted by Gasteiger charge is 2.21. The van der Waals surface area contributed by atoms with Gasteiger partial charge in [0, 0.05) is 10.4 Å². The first-order chi connectivity index (χ1) is 12.9. The average Bonchev–Trinajstić information content (AvgIpc) is 3.08. The number of nitrogens with one attached hydrogen (secondary N) is 2. The molecular formula is C19H21ClN2O4S. The lowest BCUT2D eigenvalue weighted by molar-refractivity contribution is 0.0848. The molecule has 2 amide bonds. The van der Waals surface area contributed by atoms with E-state index in [2.05, 4.69) is 17.8 Å². The number of hydrogen-bond donors (Lipinski definition) is 2. The summed E-state index contributed by atoms with van der Waals surface area (Å²) in [6.07, 6.45) is 3.14. The SMILES string of the molecule is COc1cc(C(=O)NNC(=O)c2cc3c(s2)CC[C@H](C)C3)cc(Cl)c1OC. The van der Waals surface area contributed by atoms with Gasteiger partial charge >= 0.3 is 0 Å². The van der Waals surface area contributed by atoms with Gasteiger partial charge in [0.05, 0.1) is 24.1 Å². The van der Waals surface area contributed by atoms with Crippen LogP contribution in [0.5, 0.6) is 11.5 Å². The molecule has 2 N–H and O–H groups in total. The minimum Gasteiger partial charge on any atom is -0.493 e. The van der Waals surface area contributed by atoms with Gasteiger partial charge in [-0.25, -0.2) is 0 Å². The molecule has 0 fully saturated rings. The summed E-state index contributed by atoms with van der Waals surface area (Å²) in [6.45, 7) is 2.22. The van der Waals surface area contributed by atoms with Gasteiger partial charge in [0.25, 0.3) is 11.8 Å². The van der Waals surface area contributed by atoms with Crippen molar-refractivity contribution in [3.05, 3.63) is 44.1 Å². The summed E-state index contributed by atoms with van der Waals surface area (Å²) >= 11 is 7.60. The Morgan fingerprint density at radius 2 is 1.89 bits per heavy atom. The number of fused-ring (bicyclic) bond motifs is 1. The van der Waals surface area contributed by atoms with Crippen molar-refractivity contribution in [2.24, 2.45) is 5.92 Å². The zero-order valence-electron chi connectivity index (χ0n) is 15.3. The summed E-state index contributed by atoms with van der Waals surface area (Å²) in [5.74, 6) is 0.486. The predicted molar refractivity (Wildman–Crippen MR) is 105 cm³/mol. The summed E-state index contributed by atoms with van der Waals surface area (Å²) < 4.78 is 10.3. The molecule has 1 aromatic heterocycles. The maximum Gasteiger partial charge on any atom is 0.279 e. The maximum atomic E-state index is 12.4. The van der Waals surface area contributed by atoms with Gasteiger partial charge in [-0.15, -0.1) is 11.3 Å². The van der Waals surface area contributed by atoms with Gasteiger partial charge in [-0.1, -0.05) is 18.5 Å². The van der Waals surface area contributed by atoms with Crippen LogP contribution in [-0.2, 0) is 12.8 Å². The summed E-state index contributed by atoms with van der Waals surface area (Å²) in [7, 11) is 2.92. The van der Waals surface area contributed by atoms with Crippen molar-refractivity contribution in [3.63, 3.8) is 0 Å². The Morgan fingerprint density at radius 1 is 1.15 bits per heavy atom. The van der Waals surface area contributed by atoms with Crippen molar-refractivity contribution in [1.29, 1.82) is 0 Å². The van der Waals surface area contributed by atoms with Gasteiger partial charge in [0.1, 0.15) is 0 Å². The Morgan fingerprint density at radius 3 is 2.59 bits per heavy atom. The van der Waals surface area contributed by atoms with E-state index in [4.69, 9.17) is 21.1 Å². The number of amides is 2. The number of benzene rings is 1. The largest absolute Gasteiger partial charge is 0.493 e. The summed E-state index contributed by atoms with van der Waals surface area (Å²) in [5.41, 5.74) is 6.36. The Bertz CT molecular complexity index is 881. The third-order valence-electron chi connectivity index (χ3n) is 4.54. The van der Waals surface area contributed by atoms with Crippen LogP contribution in [0.25, 0.3) is 0 Å².